The molecule has 2 aliphatic carbocycles. The molecule has 0 bridgehead atoms. The van der Waals surface area contributed by atoms with E-state index in [2.05, 4.69) is 172 Å². The molecule has 316 valence electrons. The summed E-state index contributed by atoms with van der Waals surface area (Å²) in [6.45, 7) is 17.4. The van der Waals surface area contributed by atoms with Crippen molar-refractivity contribution in [3.8, 4) is 11.1 Å². The van der Waals surface area contributed by atoms with Gasteiger partial charge in [0.2, 0.25) is 0 Å². The fourth-order valence-corrected chi connectivity index (χ4v) is 10.1. The van der Waals surface area contributed by atoms with Crippen molar-refractivity contribution in [2.45, 2.75) is 136 Å². The molecule has 2 nitrogen and oxygen atoms in total. The Morgan fingerprint density at radius 2 is 1.00 bits per heavy atom. The molecule has 0 atom stereocenters. The topological polar surface area (TPSA) is 6.48 Å². The van der Waals surface area contributed by atoms with Gasteiger partial charge in [-0.15, -0.1) is 0 Å². The van der Waals surface area contributed by atoms with E-state index < -0.39 is 0 Å². The summed E-state index contributed by atoms with van der Waals surface area (Å²) >= 11 is 0. The van der Waals surface area contributed by atoms with Gasteiger partial charge in [-0.05, 0) is 145 Å². The smallest absolute Gasteiger partial charge is 0.0467 e. The van der Waals surface area contributed by atoms with Crippen LogP contribution in [0.15, 0.2) is 146 Å². The fourth-order valence-electron chi connectivity index (χ4n) is 10.1. The first kappa shape index (κ1) is 43.7. The molecule has 0 radical (unpaired) electrons. The Bertz CT molecular complexity index is 2320. The highest BCUT2D eigenvalue weighted by atomic mass is 15.2. The zero-order valence-electron chi connectivity index (χ0n) is 37.8. The predicted octanol–water partition coefficient (Wildman–Crippen LogP) is 18.3. The number of fused-ring (bicyclic) bond motifs is 3. The van der Waals surface area contributed by atoms with Crippen LogP contribution >= 0.6 is 0 Å². The van der Waals surface area contributed by atoms with Gasteiger partial charge in [-0.3, -0.25) is 0 Å². The van der Waals surface area contributed by atoms with Gasteiger partial charge in [0.25, 0.3) is 0 Å². The highest BCUT2D eigenvalue weighted by Crippen LogP contribution is 2.57. The van der Waals surface area contributed by atoms with Gasteiger partial charge in [-0.2, -0.15) is 0 Å². The fraction of sp³-hybridized carbons (Fsp3) is 0.356. The number of anilines is 5. The number of benzene rings is 5. The lowest BCUT2D eigenvalue weighted by Crippen LogP contribution is -2.26. The van der Waals surface area contributed by atoms with Gasteiger partial charge in [0, 0.05) is 39.5 Å². The summed E-state index contributed by atoms with van der Waals surface area (Å²) < 4.78 is 0. The monoisotopic (exact) mass is 807 g/mol. The molecule has 0 N–H and O–H groups in total. The summed E-state index contributed by atoms with van der Waals surface area (Å²) in [7, 11) is 0. The highest BCUT2D eigenvalue weighted by Gasteiger charge is 2.43. The zero-order chi connectivity index (χ0) is 42.6. The van der Waals surface area contributed by atoms with Gasteiger partial charge in [0.1, 0.15) is 0 Å². The van der Waals surface area contributed by atoms with Gasteiger partial charge >= 0.3 is 0 Å². The molecule has 0 heterocycles. The Morgan fingerprint density at radius 1 is 0.525 bits per heavy atom. The molecule has 0 saturated heterocycles. The third-order valence-electron chi connectivity index (χ3n) is 13.3. The van der Waals surface area contributed by atoms with Crippen molar-refractivity contribution in [3.63, 3.8) is 0 Å². The van der Waals surface area contributed by atoms with Crippen molar-refractivity contribution in [1.82, 2.24) is 0 Å². The molecular formula is C59H70N2. The number of aryl methyl sites for hydroxylation is 1. The number of rotatable bonds is 22. The number of hydrogen-bond donors (Lipinski definition) is 0. The summed E-state index contributed by atoms with van der Waals surface area (Å²) in [5.41, 5.74) is 18.0. The molecule has 0 spiro atoms. The Kier molecular flexibility index (Phi) is 15.0. The van der Waals surface area contributed by atoms with Crippen molar-refractivity contribution in [2.24, 2.45) is 0 Å². The lowest BCUT2D eigenvalue weighted by atomic mass is 9.70. The summed E-state index contributed by atoms with van der Waals surface area (Å²) in [5.74, 6) is 0. The molecule has 5 aromatic carbocycles. The average Bonchev–Trinajstić information content (AvgIpc) is 3.54. The van der Waals surface area contributed by atoms with E-state index >= 15 is 0 Å². The molecule has 7 rings (SSSR count). The number of nitrogens with zero attached hydrogens (tertiary/aromatic N) is 2. The average molecular weight is 807 g/mol. The second-order valence-electron chi connectivity index (χ2n) is 17.8. The molecular weight excluding hydrogens is 737 g/mol. The van der Waals surface area contributed by atoms with Gasteiger partial charge in [0.05, 0.1) is 0 Å². The molecule has 0 unspecified atom stereocenters. The molecule has 2 heteroatoms. The SMILES string of the molecule is C=Cc1cccc(N(C2=CC(C)=CCC2)c2ccc3c(c2)C(CCCCCCCC)(CCCCCCCC)c2cc(N(c4cccc(C)c4)c4cccc(C=C)c4)ccc2-3)c1. The second kappa shape index (κ2) is 21.0. The van der Waals surface area contributed by atoms with Crippen LogP contribution in [0.2, 0.25) is 0 Å². The third kappa shape index (κ3) is 10.1. The van der Waals surface area contributed by atoms with Crippen LogP contribution in [0.25, 0.3) is 23.3 Å². The minimum atomic E-state index is -0.0984. The van der Waals surface area contributed by atoms with Crippen molar-refractivity contribution < 1.29 is 0 Å². The van der Waals surface area contributed by atoms with Crippen LogP contribution in [-0.4, -0.2) is 0 Å². The molecule has 0 saturated carbocycles. The maximum absolute atomic E-state index is 4.14. The normalized spacial score (nSPS) is 13.8. The summed E-state index contributed by atoms with van der Waals surface area (Å²) in [5, 5.41) is 0. The zero-order valence-corrected chi connectivity index (χ0v) is 37.8. The maximum Gasteiger partial charge on any atom is 0.0467 e. The minimum Gasteiger partial charge on any atom is -0.314 e. The quantitative estimate of drug-likeness (QED) is 0.0643. The summed E-state index contributed by atoms with van der Waals surface area (Å²) in [4.78, 5) is 5.01. The molecule has 0 fully saturated rings. The van der Waals surface area contributed by atoms with Gasteiger partial charge in [-0.1, -0.05) is 176 Å². The molecule has 61 heavy (non-hydrogen) atoms. The van der Waals surface area contributed by atoms with E-state index in [0.717, 1.165) is 42.5 Å². The summed E-state index contributed by atoms with van der Waals surface area (Å²) in [6.07, 6.45) is 28.6. The Morgan fingerprint density at radius 3 is 1.52 bits per heavy atom. The van der Waals surface area contributed by atoms with Crippen LogP contribution in [-0.2, 0) is 5.41 Å². The van der Waals surface area contributed by atoms with E-state index in [9.17, 15) is 0 Å². The van der Waals surface area contributed by atoms with Crippen molar-refractivity contribution >= 4 is 40.6 Å². The molecule has 0 amide bonds. The van der Waals surface area contributed by atoms with E-state index in [1.807, 2.05) is 12.2 Å². The molecule has 2 aliphatic rings. The van der Waals surface area contributed by atoms with Crippen LogP contribution in [0.1, 0.15) is 151 Å². The van der Waals surface area contributed by atoms with E-state index in [4.69, 9.17) is 0 Å². The van der Waals surface area contributed by atoms with E-state index in [-0.39, 0.29) is 5.41 Å². The highest BCUT2D eigenvalue weighted by molar-refractivity contribution is 5.88. The Hall–Kier alpha value is -5.34. The van der Waals surface area contributed by atoms with Crippen LogP contribution in [0.4, 0.5) is 28.4 Å². The summed E-state index contributed by atoms with van der Waals surface area (Å²) in [6, 6.07) is 41.6. The first-order valence-corrected chi connectivity index (χ1v) is 23.7. The maximum atomic E-state index is 4.14. The number of allylic oxidation sites excluding steroid dienone is 4. The molecule has 0 aliphatic heterocycles. The van der Waals surface area contributed by atoms with E-state index in [1.54, 1.807) is 0 Å². The van der Waals surface area contributed by atoms with Gasteiger partial charge in [0.15, 0.2) is 0 Å². The van der Waals surface area contributed by atoms with Crippen molar-refractivity contribution in [3.05, 3.63) is 174 Å². The standard InChI is InChI=1S/C59H70N2/c1-7-11-13-15-17-19-37-59(38-20-18-16-14-12-8-2)57-43-53(60(49-29-21-25-45(5)39-49)51-31-23-27-47(9-3)41-51)33-35-55(57)56-36-34-54(44-58(56)59)61(50-30-22-26-46(6)40-50)52-32-24-28-48(10-4)42-52/h9-10,21,23-29,31-36,39-44H,3-4,7-8,11-20,22,30,37-38H2,1-2,5-6H3. The lowest BCUT2D eigenvalue weighted by Gasteiger charge is -2.35. The third-order valence-corrected chi connectivity index (χ3v) is 13.3. The van der Waals surface area contributed by atoms with Crippen LogP contribution < -0.4 is 9.80 Å². The number of unbranched alkanes of at least 4 members (excludes halogenated alkanes) is 10. The first-order chi connectivity index (χ1) is 29.9. The van der Waals surface area contributed by atoms with Crippen LogP contribution in [0, 0.1) is 6.92 Å². The second-order valence-corrected chi connectivity index (χ2v) is 17.8. The van der Waals surface area contributed by atoms with Gasteiger partial charge in [-0.25, -0.2) is 0 Å². The van der Waals surface area contributed by atoms with Gasteiger partial charge < -0.3 is 9.80 Å². The largest absolute Gasteiger partial charge is 0.314 e. The van der Waals surface area contributed by atoms with Crippen LogP contribution in [0.5, 0.6) is 0 Å². The Balaban J connectivity index is 1.41. The van der Waals surface area contributed by atoms with Crippen LogP contribution in [0.3, 0.4) is 0 Å². The van der Waals surface area contributed by atoms with E-state index in [1.165, 1.54) is 139 Å². The lowest BCUT2D eigenvalue weighted by molar-refractivity contribution is 0.398. The van der Waals surface area contributed by atoms with Crippen molar-refractivity contribution in [2.75, 3.05) is 9.80 Å². The Labute approximate surface area is 369 Å². The number of hydrogen-bond acceptors (Lipinski definition) is 2. The minimum absolute atomic E-state index is 0.0984. The predicted molar refractivity (Wildman–Crippen MR) is 268 cm³/mol. The van der Waals surface area contributed by atoms with E-state index in [0.29, 0.717) is 0 Å². The first-order valence-electron chi connectivity index (χ1n) is 23.7. The molecule has 0 aromatic heterocycles. The molecule has 5 aromatic rings. The van der Waals surface area contributed by atoms with Crippen molar-refractivity contribution in [1.29, 1.82) is 0 Å².